The van der Waals surface area contributed by atoms with E-state index in [-0.39, 0.29) is 13.1 Å². The lowest BCUT2D eigenvalue weighted by molar-refractivity contribution is -0.144. The first-order valence-electron chi connectivity index (χ1n) is 3.86. The highest BCUT2D eigenvalue weighted by atomic mass is 19.3. The van der Waals surface area contributed by atoms with Crippen molar-refractivity contribution < 1.29 is 18.7 Å². The van der Waals surface area contributed by atoms with Gasteiger partial charge < -0.3 is 10.0 Å². The molecule has 1 rings (SSSR count). The van der Waals surface area contributed by atoms with Crippen LogP contribution >= 0.6 is 0 Å². The van der Waals surface area contributed by atoms with Gasteiger partial charge in [0.05, 0.1) is 6.10 Å². The van der Waals surface area contributed by atoms with E-state index in [1.165, 1.54) is 0 Å². The minimum absolute atomic E-state index is 0.240. The van der Waals surface area contributed by atoms with E-state index >= 15 is 0 Å². The molecule has 0 aromatic heterocycles. The minimum atomic E-state index is -2.92. The third-order valence-corrected chi connectivity index (χ3v) is 1.96. The molecule has 70 valence electrons. The molecule has 1 fully saturated rings. The van der Waals surface area contributed by atoms with Crippen LogP contribution < -0.4 is 0 Å². The molecule has 0 saturated carbocycles. The number of piperidine rings is 1. The SMILES string of the molecule is O=C(C(F)F)N1CCC(O)CC1. The Morgan fingerprint density at radius 2 is 1.92 bits per heavy atom. The van der Waals surface area contributed by atoms with Crippen molar-refractivity contribution in [1.82, 2.24) is 4.90 Å². The highest BCUT2D eigenvalue weighted by Gasteiger charge is 2.26. The normalized spacial score (nSPS) is 20.2. The van der Waals surface area contributed by atoms with E-state index in [0.717, 1.165) is 4.90 Å². The molecule has 0 aliphatic carbocycles. The van der Waals surface area contributed by atoms with Crippen molar-refractivity contribution in [3.05, 3.63) is 0 Å². The van der Waals surface area contributed by atoms with Crippen molar-refractivity contribution >= 4 is 5.91 Å². The molecule has 3 nitrogen and oxygen atoms in total. The highest BCUT2D eigenvalue weighted by molar-refractivity contribution is 5.79. The molecule has 0 atom stereocenters. The van der Waals surface area contributed by atoms with Crippen LogP contribution in [0.15, 0.2) is 0 Å². The van der Waals surface area contributed by atoms with E-state index in [1.807, 2.05) is 0 Å². The average molecular weight is 179 g/mol. The van der Waals surface area contributed by atoms with Gasteiger partial charge in [0.25, 0.3) is 5.91 Å². The van der Waals surface area contributed by atoms with Crippen LogP contribution in [0.2, 0.25) is 0 Å². The molecule has 1 aliphatic heterocycles. The van der Waals surface area contributed by atoms with Crippen molar-refractivity contribution in [2.45, 2.75) is 25.4 Å². The van der Waals surface area contributed by atoms with Crippen LogP contribution in [0.5, 0.6) is 0 Å². The van der Waals surface area contributed by atoms with Crippen LogP contribution in [0.3, 0.4) is 0 Å². The third kappa shape index (κ3) is 2.14. The van der Waals surface area contributed by atoms with Crippen LogP contribution in [0.25, 0.3) is 0 Å². The van der Waals surface area contributed by atoms with E-state index < -0.39 is 18.4 Å². The maximum absolute atomic E-state index is 11.9. The van der Waals surface area contributed by atoms with Crippen LogP contribution in [-0.2, 0) is 4.79 Å². The molecule has 0 spiro atoms. The van der Waals surface area contributed by atoms with E-state index in [2.05, 4.69) is 0 Å². The fourth-order valence-corrected chi connectivity index (χ4v) is 1.22. The Kier molecular flexibility index (Phi) is 2.97. The van der Waals surface area contributed by atoms with E-state index in [1.54, 1.807) is 0 Å². The molecular weight excluding hydrogens is 168 g/mol. The smallest absolute Gasteiger partial charge is 0.315 e. The number of rotatable bonds is 1. The summed E-state index contributed by atoms with van der Waals surface area (Å²) in [6.45, 7) is 0.481. The topological polar surface area (TPSA) is 40.5 Å². The lowest BCUT2D eigenvalue weighted by Crippen LogP contribution is -2.42. The van der Waals surface area contributed by atoms with Gasteiger partial charge in [-0.05, 0) is 12.8 Å². The van der Waals surface area contributed by atoms with Gasteiger partial charge in [0.2, 0.25) is 0 Å². The number of carbonyl (C=O) groups excluding carboxylic acids is 1. The molecule has 5 heteroatoms. The number of nitrogens with zero attached hydrogens (tertiary/aromatic N) is 1. The zero-order valence-electron chi connectivity index (χ0n) is 6.54. The summed E-state index contributed by atoms with van der Waals surface area (Å²) < 4.78 is 23.7. The molecule has 1 heterocycles. The Morgan fingerprint density at radius 1 is 1.42 bits per heavy atom. The molecule has 0 radical (unpaired) electrons. The number of carbonyl (C=O) groups is 1. The lowest BCUT2D eigenvalue weighted by Gasteiger charge is -2.29. The maximum atomic E-state index is 11.9. The molecular formula is C7H11F2NO2. The molecule has 0 bridgehead atoms. The van der Waals surface area contributed by atoms with Gasteiger partial charge in [-0.3, -0.25) is 4.79 Å². The van der Waals surface area contributed by atoms with Gasteiger partial charge in [0, 0.05) is 13.1 Å². The third-order valence-electron chi connectivity index (χ3n) is 1.96. The summed E-state index contributed by atoms with van der Waals surface area (Å²) in [6.07, 6.45) is -2.55. The monoisotopic (exact) mass is 179 g/mol. The largest absolute Gasteiger partial charge is 0.393 e. The van der Waals surface area contributed by atoms with Crippen molar-refractivity contribution in [2.75, 3.05) is 13.1 Å². The standard InChI is InChI=1S/C7H11F2NO2/c8-6(9)7(12)10-3-1-5(11)2-4-10/h5-6,11H,1-4H2. The van der Waals surface area contributed by atoms with E-state index in [0.29, 0.717) is 12.8 Å². The van der Waals surface area contributed by atoms with Gasteiger partial charge in [0.15, 0.2) is 0 Å². The highest BCUT2D eigenvalue weighted by Crippen LogP contribution is 2.12. The first-order valence-corrected chi connectivity index (χ1v) is 3.86. The Bertz CT molecular complexity index is 167. The van der Waals surface area contributed by atoms with Gasteiger partial charge in [-0.25, -0.2) is 0 Å². The number of hydrogen-bond donors (Lipinski definition) is 1. The Balaban J connectivity index is 2.39. The van der Waals surface area contributed by atoms with Crippen LogP contribution in [0, 0.1) is 0 Å². The van der Waals surface area contributed by atoms with E-state index in [4.69, 9.17) is 5.11 Å². The van der Waals surface area contributed by atoms with Crippen LogP contribution in [-0.4, -0.2) is 41.5 Å². The number of halogens is 2. The van der Waals surface area contributed by atoms with Crippen molar-refractivity contribution in [3.8, 4) is 0 Å². The quantitative estimate of drug-likeness (QED) is 0.626. The van der Waals surface area contributed by atoms with Gasteiger partial charge in [-0.15, -0.1) is 0 Å². The summed E-state index contributed by atoms with van der Waals surface area (Å²) in [5, 5.41) is 9.02. The van der Waals surface area contributed by atoms with Gasteiger partial charge in [-0.1, -0.05) is 0 Å². The summed E-state index contributed by atoms with van der Waals surface area (Å²) in [6, 6.07) is 0. The number of alkyl halides is 2. The number of aliphatic hydroxyl groups is 1. The number of likely N-dealkylation sites (tertiary alicyclic amines) is 1. The summed E-state index contributed by atoms with van der Waals surface area (Å²) >= 11 is 0. The first-order chi connectivity index (χ1) is 5.61. The fraction of sp³-hybridized carbons (Fsp3) is 0.857. The number of amides is 1. The summed E-state index contributed by atoms with van der Waals surface area (Å²) in [7, 11) is 0. The molecule has 0 aromatic rings. The second-order valence-electron chi connectivity index (χ2n) is 2.86. The fourth-order valence-electron chi connectivity index (χ4n) is 1.22. The van der Waals surface area contributed by atoms with Crippen molar-refractivity contribution in [3.63, 3.8) is 0 Å². The van der Waals surface area contributed by atoms with Crippen molar-refractivity contribution in [1.29, 1.82) is 0 Å². The Hall–Kier alpha value is -0.710. The number of hydrogen-bond acceptors (Lipinski definition) is 2. The molecule has 0 aromatic carbocycles. The second-order valence-corrected chi connectivity index (χ2v) is 2.86. The molecule has 12 heavy (non-hydrogen) atoms. The molecule has 1 N–H and O–H groups in total. The predicted molar refractivity (Wildman–Crippen MR) is 37.8 cm³/mol. The maximum Gasteiger partial charge on any atom is 0.315 e. The molecule has 0 unspecified atom stereocenters. The van der Waals surface area contributed by atoms with Crippen molar-refractivity contribution in [2.24, 2.45) is 0 Å². The summed E-state index contributed by atoms with van der Waals surface area (Å²) in [5.41, 5.74) is 0. The van der Waals surface area contributed by atoms with Crippen LogP contribution in [0.4, 0.5) is 8.78 Å². The number of aliphatic hydroxyl groups excluding tert-OH is 1. The summed E-state index contributed by atoms with van der Waals surface area (Å²) in [4.78, 5) is 11.8. The minimum Gasteiger partial charge on any atom is -0.393 e. The van der Waals surface area contributed by atoms with Gasteiger partial charge in [-0.2, -0.15) is 8.78 Å². The van der Waals surface area contributed by atoms with E-state index in [9.17, 15) is 13.6 Å². The molecule has 1 aliphatic rings. The Labute approximate surface area is 69.0 Å². The Morgan fingerprint density at radius 3 is 2.33 bits per heavy atom. The van der Waals surface area contributed by atoms with Crippen LogP contribution in [0.1, 0.15) is 12.8 Å². The lowest BCUT2D eigenvalue weighted by atomic mass is 10.1. The zero-order valence-corrected chi connectivity index (χ0v) is 6.54. The summed E-state index contributed by atoms with van der Waals surface area (Å²) in [5.74, 6) is -1.12. The zero-order chi connectivity index (χ0) is 9.14. The average Bonchev–Trinajstić information content (AvgIpc) is 2.04. The second kappa shape index (κ2) is 3.80. The molecule has 1 saturated heterocycles. The van der Waals surface area contributed by atoms with Gasteiger partial charge in [0.1, 0.15) is 0 Å². The predicted octanol–water partition coefficient (Wildman–Crippen LogP) is 0.235. The molecule has 1 amide bonds. The van der Waals surface area contributed by atoms with Gasteiger partial charge >= 0.3 is 6.43 Å². The first kappa shape index (κ1) is 9.38.